The summed E-state index contributed by atoms with van der Waals surface area (Å²) in [4.78, 5) is 2.63. The van der Waals surface area contributed by atoms with Crippen molar-refractivity contribution in [1.29, 1.82) is 0 Å². The highest BCUT2D eigenvalue weighted by molar-refractivity contribution is 4.98. The van der Waals surface area contributed by atoms with E-state index >= 15 is 0 Å². The Hall–Kier alpha value is -0.120. The number of ether oxygens (including phenoxy) is 1. The Morgan fingerprint density at radius 3 is 2.47 bits per heavy atom. The zero-order valence-corrected chi connectivity index (χ0v) is 14.0. The smallest absolute Gasteiger partial charge is 0.0597 e. The number of hydrogen-bond donors (Lipinski definition) is 1. The molecule has 3 heteroatoms. The third kappa shape index (κ3) is 5.05. The Bertz CT molecular complexity index is 272. The summed E-state index contributed by atoms with van der Waals surface area (Å²) in [7, 11) is 0. The molecule has 1 heterocycles. The fourth-order valence-electron chi connectivity index (χ4n) is 2.82. The van der Waals surface area contributed by atoms with Crippen molar-refractivity contribution < 1.29 is 4.74 Å². The van der Waals surface area contributed by atoms with Crippen molar-refractivity contribution in [3.8, 4) is 0 Å². The summed E-state index contributed by atoms with van der Waals surface area (Å²) in [6, 6.07) is 0.586. The van der Waals surface area contributed by atoms with Crippen LogP contribution in [0.2, 0.25) is 0 Å². The number of nitrogens with zero attached hydrogens (tertiary/aromatic N) is 1. The molecule has 0 spiro atoms. The molecule has 114 valence electrons. The van der Waals surface area contributed by atoms with E-state index in [2.05, 4.69) is 58.7 Å². The summed E-state index contributed by atoms with van der Waals surface area (Å²) < 4.78 is 5.75. The molecular weight excluding hydrogens is 236 g/mol. The molecule has 1 aliphatic rings. The number of rotatable bonds is 5. The molecule has 0 bridgehead atoms. The van der Waals surface area contributed by atoms with Crippen molar-refractivity contribution in [1.82, 2.24) is 10.2 Å². The van der Waals surface area contributed by atoms with Gasteiger partial charge in [-0.2, -0.15) is 0 Å². The molecule has 0 saturated carbocycles. The zero-order chi connectivity index (χ0) is 14.7. The van der Waals surface area contributed by atoms with Crippen molar-refractivity contribution >= 4 is 0 Å². The first-order chi connectivity index (χ1) is 8.68. The van der Waals surface area contributed by atoms with Gasteiger partial charge >= 0.3 is 0 Å². The van der Waals surface area contributed by atoms with E-state index in [1.807, 2.05) is 0 Å². The van der Waals surface area contributed by atoms with Gasteiger partial charge in [0, 0.05) is 31.2 Å². The average molecular weight is 270 g/mol. The van der Waals surface area contributed by atoms with E-state index in [1.54, 1.807) is 0 Å². The highest BCUT2D eigenvalue weighted by atomic mass is 16.5. The van der Waals surface area contributed by atoms with Gasteiger partial charge in [0.05, 0.1) is 12.7 Å². The van der Waals surface area contributed by atoms with Crippen LogP contribution >= 0.6 is 0 Å². The van der Waals surface area contributed by atoms with Crippen LogP contribution in [0, 0.1) is 5.41 Å². The van der Waals surface area contributed by atoms with Crippen molar-refractivity contribution in [3.05, 3.63) is 0 Å². The molecule has 2 atom stereocenters. The summed E-state index contributed by atoms with van der Waals surface area (Å²) in [6.07, 6.45) is 1.50. The highest BCUT2D eigenvalue weighted by Gasteiger charge is 2.39. The Balaban J connectivity index is 2.66. The fraction of sp³-hybridized carbons (Fsp3) is 1.00. The first-order valence-electron chi connectivity index (χ1n) is 7.78. The first-order valence-corrected chi connectivity index (χ1v) is 7.78. The molecule has 3 nitrogen and oxygen atoms in total. The van der Waals surface area contributed by atoms with E-state index in [0.29, 0.717) is 17.6 Å². The van der Waals surface area contributed by atoms with Gasteiger partial charge in [-0.05, 0) is 32.6 Å². The molecule has 1 rings (SSSR count). The third-order valence-electron chi connectivity index (χ3n) is 4.32. The van der Waals surface area contributed by atoms with Crippen LogP contribution in [0.25, 0.3) is 0 Å². The van der Waals surface area contributed by atoms with Gasteiger partial charge in [0.15, 0.2) is 0 Å². The summed E-state index contributed by atoms with van der Waals surface area (Å²) in [5.41, 5.74) is 0.555. The Morgan fingerprint density at radius 2 is 2.00 bits per heavy atom. The minimum atomic E-state index is 0.250. The van der Waals surface area contributed by atoms with Crippen LogP contribution in [0.15, 0.2) is 0 Å². The van der Waals surface area contributed by atoms with Crippen LogP contribution in [0.3, 0.4) is 0 Å². The Morgan fingerprint density at radius 1 is 1.37 bits per heavy atom. The second-order valence-electron chi connectivity index (χ2n) is 7.57. The molecule has 1 saturated heterocycles. The predicted octanol–water partition coefficient (Wildman–Crippen LogP) is 2.90. The fourth-order valence-corrected chi connectivity index (χ4v) is 2.82. The standard InChI is InChI=1S/C16H34N2O/c1-8-16(7)12-18(9-10-19-13(2)3)14(11-17-16)15(4,5)6/h13-14,17H,8-12H2,1-7H3. The van der Waals surface area contributed by atoms with Crippen molar-refractivity contribution in [2.45, 2.75) is 72.6 Å². The lowest BCUT2D eigenvalue weighted by Crippen LogP contribution is -2.66. The molecule has 19 heavy (non-hydrogen) atoms. The van der Waals surface area contributed by atoms with E-state index in [1.165, 1.54) is 6.42 Å². The topological polar surface area (TPSA) is 24.5 Å². The monoisotopic (exact) mass is 270 g/mol. The normalized spacial score (nSPS) is 30.0. The van der Waals surface area contributed by atoms with E-state index in [9.17, 15) is 0 Å². The lowest BCUT2D eigenvalue weighted by molar-refractivity contribution is -0.00705. The molecule has 1 N–H and O–H groups in total. The lowest BCUT2D eigenvalue weighted by atomic mass is 9.81. The van der Waals surface area contributed by atoms with Gasteiger partial charge in [-0.25, -0.2) is 0 Å². The summed E-state index contributed by atoms with van der Waals surface area (Å²) in [5.74, 6) is 0. The highest BCUT2D eigenvalue weighted by Crippen LogP contribution is 2.29. The maximum atomic E-state index is 5.75. The molecule has 0 aromatic heterocycles. The predicted molar refractivity (Wildman–Crippen MR) is 82.6 cm³/mol. The van der Waals surface area contributed by atoms with Crippen molar-refractivity contribution in [2.75, 3.05) is 26.2 Å². The van der Waals surface area contributed by atoms with E-state index in [0.717, 1.165) is 26.2 Å². The molecular formula is C16H34N2O. The number of nitrogens with one attached hydrogen (secondary N) is 1. The van der Waals surface area contributed by atoms with Crippen LogP contribution in [0.1, 0.15) is 54.9 Å². The summed E-state index contributed by atoms with van der Waals surface area (Å²) >= 11 is 0. The molecule has 2 unspecified atom stereocenters. The maximum Gasteiger partial charge on any atom is 0.0597 e. The quantitative estimate of drug-likeness (QED) is 0.831. The largest absolute Gasteiger partial charge is 0.377 e. The molecule has 0 radical (unpaired) electrons. The van der Waals surface area contributed by atoms with Crippen LogP contribution < -0.4 is 5.32 Å². The van der Waals surface area contributed by atoms with Crippen LogP contribution in [-0.2, 0) is 4.74 Å². The molecule has 0 aromatic carbocycles. The van der Waals surface area contributed by atoms with Crippen LogP contribution in [0.4, 0.5) is 0 Å². The SMILES string of the molecule is CCC1(C)CN(CCOC(C)C)C(C(C)(C)C)CN1. The molecule has 1 aliphatic heterocycles. The molecule has 1 fully saturated rings. The second kappa shape index (κ2) is 6.55. The van der Waals surface area contributed by atoms with E-state index in [-0.39, 0.29) is 5.54 Å². The average Bonchev–Trinajstić information content (AvgIpc) is 2.27. The van der Waals surface area contributed by atoms with Crippen molar-refractivity contribution in [2.24, 2.45) is 5.41 Å². The minimum Gasteiger partial charge on any atom is -0.377 e. The number of hydrogen-bond acceptors (Lipinski definition) is 3. The first kappa shape index (κ1) is 16.9. The third-order valence-corrected chi connectivity index (χ3v) is 4.32. The van der Waals surface area contributed by atoms with Gasteiger partial charge in [-0.1, -0.05) is 27.7 Å². The molecule has 0 aliphatic carbocycles. The van der Waals surface area contributed by atoms with Gasteiger partial charge in [0.1, 0.15) is 0 Å². The maximum absolute atomic E-state index is 5.75. The Labute approximate surface area is 120 Å². The zero-order valence-electron chi connectivity index (χ0n) is 14.0. The Kier molecular flexibility index (Phi) is 5.84. The van der Waals surface area contributed by atoms with E-state index < -0.39 is 0 Å². The molecule has 0 amide bonds. The van der Waals surface area contributed by atoms with Crippen LogP contribution in [0.5, 0.6) is 0 Å². The van der Waals surface area contributed by atoms with Gasteiger partial charge in [-0.3, -0.25) is 4.90 Å². The second-order valence-corrected chi connectivity index (χ2v) is 7.57. The molecule has 0 aromatic rings. The van der Waals surface area contributed by atoms with E-state index in [4.69, 9.17) is 4.74 Å². The van der Waals surface area contributed by atoms with Crippen molar-refractivity contribution in [3.63, 3.8) is 0 Å². The van der Waals surface area contributed by atoms with Gasteiger partial charge < -0.3 is 10.1 Å². The van der Waals surface area contributed by atoms with Gasteiger partial charge in [-0.15, -0.1) is 0 Å². The van der Waals surface area contributed by atoms with Gasteiger partial charge in [0.25, 0.3) is 0 Å². The lowest BCUT2D eigenvalue weighted by Gasteiger charge is -2.50. The summed E-state index contributed by atoms with van der Waals surface area (Å²) in [6.45, 7) is 19.9. The van der Waals surface area contributed by atoms with Crippen LogP contribution in [-0.4, -0.2) is 48.8 Å². The van der Waals surface area contributed by atoms with Gasteiger partial charge in [0.2, 0.25) is 0 Å². The number of piperazine rings is 1. The minimum absolute atomic E-state index is 0.250. The summed E-state index contributed by atoms with van der Waals surface area (Å²) in [5, 5.41) is 3.75.